The van der Waals surface area contributed by atoms with Crippen LogP contribution in [-0.4, -0.2) is 31.5 Å². The molecule has 5 heteroatoms. The van der Waals surface area contributed by atoms with Crippen molar-refractivity contribution in [2.75, 3.05) is 24.3 Å². The number of ketones is 1. The van der Waals surface area contributed by atoms with Gasteiger partial charge in [0, 0.05) is 31.0 Å². The Labute approximate surface area is 183 Å². The zero-order valence-corrected chi connectivity index (χ0v) is 18.6. The van der Waals surface area contributed by atoms with Crippen molar-refractivity contribution in [3.05, 3.63) is 89.0 Å². The van der Waals surface area contributed by atoms with Gasteiger partial charge in [-0.3, -0.25) is 9.59 Å². The molecule has 31 heavy (non-hydrogen) atoms. The number of amides is 1. The smallest absolute Gasteiger partial charge is 0.278 e. The van der Waals surface area contributed by atoms with Crippen LogP contribution in [0.1, 0.15) is 27.0 Å². The average Bonchev–Trinajstić information content (AvgIpc) is 2.73. The molecule has 5 nitrogen and oxygen atoms in total. The zero-order valence-electron chi connectivity index (χ0n) is 18.6. The number of benzene rings is 3. The maximum Gasteiger partial charge on any atom is 0.278 e. The van der Waals surface area contributed by atoms with E-state index in [1.165, 1.54) is 0 Å². The molecule has 0 atom stereocenters. The van der Waals surface area contributed by atoms with Gasteiger partial charge in [0.2, 0.25) is 5.78 Å². The molecule has 0 saturated heterocycles. The molecule has 0 saturated carbocycles. The van der Waals surface area contributed by atoms with Crippen LogP contribution in [0.3, 0.4) is 0 Å². The number of rotatable bonds is 6. The molecule has 0 aliphatic carbocycles. The van der Waals surface area contributed by atoms with Crippen LogP contribution in [0.5, 0.6) is 0 Å². The summed E-state index contributed by atoms with van der Waals surface area (Å²) >= 11 is 0. The lowest BCUT2D eigenvalue weighted by Gasteiger charge is -2.16. The molecule has 3 aromatic rings. The molecular formula is C26H27N3O2. The van der Waals surface area contributed by atoms with E-state index >= 15 is 0 Å². The van der Waals surface area contributed by atoms with Gasteiger partial charge in [0.15, 0.2) is 5.71 Å². The normalized spacial score (nSPS) is 11.2. The van der Waals surface area contributed by atoms with Crippen LogP contribution >= 0.6 is 0 Å². The molecule has 0 heterocycles. The second kappa shape index (κ2) is 9.39. The van der Waals surface area contributed by atoms with Crippen molar-refractivity contribution in [3.63, 3.8) is 0 Å². The maximum atomic E-state index is 13.3. The summed E-state index contributed by atoms with van der Waals surface area (Å²) in [6, 6.07) is 20.2. The lowest BCUT2D eigenvalue weighted by Crippen LogP contribution is -2.30. The summed E-state index contributed by atoms with van der Waals surface area (Å²) in [4.78, 5) is 32.9. The predicted molar refractivity (Wildman–Crippen MR) is 128 cm³/mol. The van der Waals surface area contributed by atoms with Crippen molar-refractivity contribution in [1.29, 1.82) is 0 Å². The number of carbonyl (C=O) groups is 2. The van der Waals surface area contributed by atoms with Gasteiger partial charge in [-0.2, -0.15) is 0 Å². The fraction of sp³-hybridized carbons (Fsp3) is 0.192. The van der Waals surface area contributed by atoms with Gasteiger partial charge in [0.25, 0.3) is 5.91 Å². The highest BCUT2D eigenvalue weighted by Crippen LogP contribution is 2.24. The van der Waals surface area contributed by atoms with E-state index < -0.39 is 11.7 Å². The fourth-order valence-corrected chi connectivity index (χ4v) is 3.36. The Balaban J connectivity index is 2.04. The Kier molecular flexibility index (Phi) is 6.65. The number of carbonyl (C=O) groups excluding carboxylic acids is 2. The Morgan fingerprint density at radius 2 is 1.58 bits per heavy atom. The molecule has 0 unspecified atom stereocenters. The molecule has 1 N–H and O–H groups in total. The first-order chi connectivity index (χ1) is 14.8. The van der Waals surface area contributed by atoms with Crippen LogP contribution in [0.4, 0.5) is 17.1 Å². The molecule has 1 amide bonds. The third-order valence-electron chi connectivity index (χ3n) is 5.01. The second-order valence-electron chi connectivity index (χ2n) is 7.79. The van der Waals surface area contributed by atoms with E-state index in [1.807, 2.05) is 82.2 Å². The van der Waals surface area contributed by atoms with E-state index in [9.17, 15) is 9.59 Å². The molecule has 158 valence electrons. The summed E-state index contributed by atoms with van der Waals surface area (Å²) in [5.74, 6) is -0.945. The van der Waals surface area contributed by atoms with Crippen LogP contribution in [0.15, 0.2) is 71.7 Å². The molecule has 0 aliphatic heterocycles. The highest BCUT2D eigenvalue weighted by atomic mass is 16.2. The molecule has 0 bridgehead atoms. The predicted octanol–water partition coefficient (Wildman–Crippen LogP) is 5.27. The summed E-state index contributed by atoms with van der Waals surface area (Å²) in [5.41, 5.74) is 5.39. The number of aliphatic imine (C=N–C) groups is 1. The topological polar surface area (TPSA) is 61.8 Å². The van der Waals surface area contributed by atoms with Crippen molar-refractivity contribution in [2.45, 2.75) is 20.8 Å². The van der Waals surface area contributed by atoms with E-state index in [1.54, 1.807) is 24.3 Å². The standard InChI is InChI=1S/C26H27N3O2/c1-17-9-8-11-20(15-17)25(30)24(26(31)28-22-12-7-6-10-18(22)2)27-21-13-14-23(29(4)5)19(3)16-21/h6-16H,1-5H3,(H,28,31). The summed E-state index contributed by atoms with van der Waals surface area (Å²) in [6.07, 6.45) is 0. The Hall–Kier alpha value is -3.73. The number of para-hydroxylation sites is 1. The first-order valence-corrected chi connectivity index (χ1v) is 10.1. The lowest BCUT2D eigenvalue weighted by molar-refractivity contribution is -0.110. The molecule has 0 fully saturated rings. The Morgan fingerprint density at radius 1 is 0.839 bits per heavy atom. The number of hydrogen-bond acceptors (Lipinski definition) is 4. The van der Waals surface area contributed by atoms with Gasteiger partial charge >= 0.3 is 0 Å². The van der Waals surface area contributed by atoms with E-state index in [2.05, 4.69) is 10.3 Å². The van der Waals surface area contributed by atoms with Gasteiger partial charge in [0.05, 0.1) is 5.69 Å². The van der Waals surface area contributed by atoms with Gasteiger partial charge in [0.1, 0.15) is 0 Å². The van der Waals surface area contributed by atoms with E-state index in [4.69, 9.17) is 0 Å². The van der Waals surface area contributed by atoms with E-state index in [0.717, 1.165) is 22.4 Å². The van der Waals surface area contributed by atoms with E-state index in [-0.39, 0.29) is 5.71 Å². The summed E-state index contributed by atoms with van der Waals surface area (Å²) in [6.45, 7) is 5.78. The molecular weight excluding hydrogens is 386 g/mol. The molecule has 3 rings (SSSR count). The fourth-order valence-electron chi connectivity index (χ4n) is 3.36. The molecule has 0 spiro atoms. The number of hydrogen-bond donors (Lipinski definition) is 1. The van der Waals surface area contributed by atoms with Crippen LogP contribution < -0.4 is 10.2 Å². The SMILES string of the molecule is Cc1cccc(C(=O)C(=Nc2ccc(N(C)C)c(C)c2)C(=O)Nc2ccccc2C)c1. The van der Waals surface area contributed by atoms with Crippen LogP contribution in [-0.2, 0) is 4.79 Å². The third kappa shape index (κ3) is 5.25. The van der Waals surface area contributed by atoms with Gasteiger partial charge < -0.3 is 10.2 Å². The minimum Gasteiger partial charge on any atom is -0.377 e. The van der Waals surface area contributed by atoms with Gasteiger partial charge in [-0.1, -0.05) is 42.0 Å². The molecule has 0 aliphatic rings. The molecule has 0 aromatic heterocycles. The average molecular weight is 414 g/mol. The Morgan fingerprint density at radius 3 is 2.23 bits per heavy atom. The monoisotopic (exact) mass is 413 g/mol. The molecule has 0 radical (unpaired) electrons. The lowest BCUT2D eigenvalue weighted by atomic mass is 10.0. The quantitative estimate of drug-likeness (QED) is 0.340. The highest BCUT2D eigenvalue weighted by Gasteiger charge is 2.23. The largest absolute Gasteiger partial charge is 0.377 e. The number of Topliss-reactive ketones (excluding diaryl/α,β-unsaturated/α-hetero) is 1. The summed E-state index contributed by atoms with van der Waals surface area (Å²) in [5, 5.41) is 2.84. The van der Waals surface area contributed by atoms with Crippen molar-refractivity contribution in [3.8, 4) is 0 Å². The first-order valence-electron chi connectivity index (χ1n) is 10.1. The van der Waals surface area contributed by atoms with Gasteiger partial charge in [-0.25, -0.2) is 4.99 Å². The zero-order chi connectivity index (χ0) is 22.5. The van der Waals surface area contributed by atoms with Crippen LogP contribution in [0, 0.1) is 20.8 Å². The van der Waals surface area contributed by atoms with Crippen LogP contribution in [0.25, 0.3) is 0 Å². The van der Waals surface area contributed by atoms with E-state index in [0.29, 0.717) is 16.9 Å². The van der Waals surface area contributed by atoms with Crippen LogP contribution in [0.2, 0.25) is 0 Å². The van der Waals surface area contributed by atoms with Crippen molar-refractivity contribution >= 4 is 34.5 Å². The first kappa shape index (κ1) is 22.0. The number of aryl methyl sites for hydroxylation is 3. The summed E-state index contributed by atoms with van der Waals surface area (Å²) in [7, 11) is 3.93. The van der Waals surface area contributed by atoms with Crippen molar-refractivity contribution in [2.24, 2.45) is 4.99 Å². The van der Waals surface area contributed by atoms with Crippen molar-refractivity contribution < 1.29 is 9.59 Å². The van der Waals surface area contributed by atoms with Crippen molar-refractivity contribution in [1.82, 2.24) is 0 Å². The van der Waals surface area contributed by atoms with Gasteiger partial charge in [-0.05, 0) is 62.2 Å². The third-order valence-corrected chi connectivity index (χ3v) is 5.01. The second-order valence-corrected chi connectivity index (χ2v) is 7.79. The number of anilines is 2. The minimum absolute atomic E-state index is 0.147. The number of nitrogens with zero attached hydrogens (tertiary/aromatic N) is 2. The molecule has 3 aromatic carbocycles. The summed E-state index contributed by atoms with van der Waals surface area (Å²) < 4.78 is 0. The highest BCUT2D eigenvalue weighted by molar-refractivity contribution is 6.70. The Bertz CT molecular complexity index is 1160. The number of nitrogens with one attached hydrogen (secondary N) is 1. The van der Waals surface area contributed by atoms with Gasteiger partial charge in [-0.15, -0.1) is 0 Å². The minimum atomic E-state index is -0.532. The maximum absolute atomic E-state index is 13.3.